The second-order valence-corrected chi connectivity index (χ2v) is 6.43. The molecule has 0 radical (unpaired) electrons. The Kier molecular flexibility index (Phi) is 6.45. The van der Waals surface area contributed by atoms with Crippen molar-refractivity contribution in [1.82, 2.24) is 9.88 Å². The molecule has 0 bridgehead atoms. The lowest BCUT2D eigenvalue weighted by Gasteiger charge is -2.12. The van der Waals surface area contributed by atoms with Crippen molar-refractivity contribution < 1.29 is 14.3 Å². The minimum atomic E-state index is -0.198. The number of fused-ring (bicyclic) bond motifs is 1. The number of amides is 1. The zero-order chi connectivity index (χ0) is 19.9. The van der Waals surface area contributed by atoms with Gasteiger partial charge < -0.3 is 19.4 Å². The van der Waals surface area contributed by atoms with Crippen LogP contribution in [0.1, 0.15) is 15.9 Å². The number of rotatable bonds is 8. The molecule has 0 aliphatic rings. The van der Waals surface area contributed by atoms with E-state index < -0.39 is 0 Å². The highest BCUT2D eigenvalue weighted by Gasteiger charge is 2.14. The van der Waals surface area contributed by atoms with E-state index in [2.05, 4.69) is 5.32 Å². The fourth-order valence-electron chi connectivity index (χ4n) is 3.09. The Hall–Kier alpha value is -3.12. The number of nitrogens with one attached hydrogen (secondary N) is 1. The number of nitrogens with zero attached hydrogens (tertiary/aromatic N) is 1. The lowest BCUT2D eigenvalue weighted by Crippen LogP contribution is -2.29. The van der Waals surface area contributed by atoms with Crippen LogP contribution in [0.25, 0.3) is 10.8 Å². The first kappa shape index (κ1) is 19.6. The van der Waals surface area contributed by atoms with Gasteiger partial charge in [0.15, 0.2) is 0 Å². The Labute approximate surface area is 163 Å². The fourth-order valence-corrected chi connectivity index (χ4v) is 3.09. The average Bonchev–Trinajstić information content (AvgIpc) is 2.74. The highest BCUT2D eigenvalue weighted by molar-refractivity contribution is 6.06. The largest absolute Gasteiger partial charge is 0.497 e. The molecule has 1 heterocycles. The predicted octanol–water partition coefficient (Wildman–Crippen LogP) is 2.63. The number of hydrogen-bond donors (Lipinski definition) is 1. The Morgan fingerprint density at radius 2 is 1.75 bits per heavy atom. The highest BCUT2D eigenvalue weighted by Crippen LogP contribution is 2.16. The van der Waals surface area contributed by atoms with Gasteiger partial charge in [-0.3, -0.25) is 9.59 Å². The molecule has 0 aliphatic heterocycles. The van der Waals surface area contributed by atoms with Crippen LogP contribution in [0.15, 0.2) is 59.5 Å². The van der Waals surface area contributed by atoms with E-state index in [1.54, 1.807) is 38.6 Å². The van der Waals surface area contributed by atoms with Crippen molar-refractivity contribution in [1.29, 1.82) is 0 Å². The van der Waals surface area contributed by atoms with E-state index in [9.17, 15) is 9.59 Å². The van der Waals surface area contributed by atoms with Crippen molar-refractivity contribution in [3.05, 3.63) is 76.2 Å². The van der Waals surface area contributed by atoms with Crippen LogP contribution in [-0.2, 0) is 17.7 Å². The summed E-state index contributed by atoms with van der Waals surface area (Å²) in [7, 11) is 3.21. The molecule has 3 aromatic rings. The molecule has 1 aromatic heterocycles. The SMILES string of the molecule is COCCn1cc(C(=O)NCCc2ccc(OC)cc2)c2ccccc2c1=O. The molecule has 3 rings (SSSR count). The maximum absolute atomic E-state index is 12.8. The van der Waals surface area contributed by atoms with E-state index in [-0.39, 0.29) is 11.5 Å². The van der Waals surface area contributed by atoms with Gasteiger partial charge in [-0.1, -0.05) is 30.3 Å². The second kappa shape index (κ2) is 9.19. The standard InChI is InChI=1S/C22H24N2O4/c1-27-14-13-24-15-20(18-5-3-4-6-19(18)22(24)26)21(25)23-12-11-16-7-9-17(28-2)10-8-16/h3-10,15H,11-14H2,1-2H3,(H,23,25). The van der Waals surface area contributed by atoms with Crippen molar-refractivity contribution >= 4 is 16.7 Å². The summed E-state index contributed by atoms with van der Waals surface area (Å²) in [6, 6.07) is 14.9. The Morgan fingerprint density at radius 1 is 1.04 bits per heavy atom. The third-order valence-electron chi connectivity index (χ3n) is 4.63. The van der Waals surface area contributed by atoms with Crippen molar-refractivity contribution in [2.75, 3.05) is 27.4 Å². The Morgan fingerprint density at radius 3 is 2.43 bits per heavy atom. The smallest absolute Gasteiger partial charge is 0.258 e. The molecule has 0 atom stereocenters. The minimum Gasteiger partial charge on any atom is -0.497 e. The summed E-state index contributed by atoms with van der Waals surface area (Å²) in [6.45, 7) is 1.29. The van der Waals surface area contributed by atoms with Crippen molar-refractivity contribution in [3.63, 3.8) is 0 Å². The normalized spacial score (nSPS) is 10.8. The van der Waals surface area contributed by atoms with E-state index in [1.807, 2.05) is 30.3 Å². The van der Waals surface area contributed by atoms with Gasteiger partial charge in [0, 0.05) is 37.2 Å². The van der Waals surface area contributed by atoms with Gasteiger partial charge in [0.1, 0.15) is 5.75 Å². The first-order valence-corrected chi connectivity index (χ1v) is 9.16. The molecule has 0 saturated carbocycles. The van der Waals surface area contributed by atoms with E-state index in [1.165, 1.54) is 4.57 Å². The summed E-state index contributed by atoms with van der Waals surface area (Å²) in [5.41, 5.74) is 1.47. The van der Waals surface area contributed by atoms with Crippen LogP contribution in [0.4, 0.5) is 0 Å². The predicted molar refractivity (Wildman–Crippen MR) is 109 cm³/mol. The Bertz CT molecular complexity index is 1010. The molecule has 0 aliphatic carbocycles. The number of methoxy groups -OCH3 is 2. The number of pyridine rings is 1. The molecule has 1 amide bonds. The summed E-state index contributed by atoms with van der Waals surface area (Å²) >= 11 is 0. The zero-order valence-corrected chi connectivity index (χ0v) is 16.1. The van der Waals surface area contributed by atoms with Gasteiger partial charge in [-0.25, -0.2) is 0 Å². The van der Waals surface area contributed by atoms with Crippen LogP contribution < -0.4 is 15.6 Å². The quantitative estimate of drug-likeness (QED) is 0.652. The molecule has 6 heteroatoms. The van der Waals surface area contributed by atoms with Gasteiger partial charge in [0.25, 0.3) is 11.5 Å². The first-order valence-electron chi connectivity index (χ1n) is 9.16. The van der Waals surface area contributed by atoms with Crippen molar-refractivity contribution in [2.24, 2.45) is 0 Å². The number of aromatic nitrogens is 1. The first-order chi connectivity index (χ1) is 13.6. The van der Waals surface area contributed by atoms with Crippen molar-refractivity contribution in [3.8, 4) is 5.75 Å². The summed E-state index contributed by atoms with van der Waals surface area (Å²) in [5, 5.41) is 4.14. The van der Waals surface area contributed by atoms with Gasteiger partial charge in [0.2, 0.25) is 0 Å². The van der Waals surface area contributed by atoms with Gasteiger partial charge in [-0.05, 0) is 30.2 Å². The van der Waals surface area contributed by atoms with Crippen LogP contribution in [0.3, 0.4) is 0 Å². The second-order valence-electron chi connectivity index (χ2n) is 6.43. The number of ether oxygens (including phenoxy) is 2. The average molecular weight is 380 g/mol. The molecule has 146 valence electrons. The lowest BCUT2D eigenvalue weighted by atomic mass is 10.1. The number of benzene rings is 2. The fraction of sp³-hybridized carbons (Fsp3) is 0.273. The van der Waals surface area contributed by atoms with Crippen molar-refractivity contribution in [2.45, 2.75) is 13.0 Å². The molecule has 0 unspecified atom stereocenters. The van der Waals surface area contributed by atoms with Crippen LogP contribution in [0.2, 0.25) is 0 Å². The molecule has 0 saturated heterocycles. The monoisotopic (exact) mass is 380 g/mol. The summed E-state index contributed by atoms with van der Waals surface area (Å²) in [6.07, 6.45) is 2.32. The van der Waals surface area contributed by atoms with E-state index in [4.69, 9.17) is 9.47 Å². The maximum Gasteiger partial charge on any atom is 0.258 e. The van der Waals surface area contributed by atoms with E-state index >= 15 is 0 Å². The molecular formula is C22H24N2O4. The molecule has 2 aromatic carbocycles. The van der Waals surface area contributed by atoms with E-state index in [0.717, 1.165) is 11.3 Å². The third-order valence-corrected chi connectivity index (χ3v) is 4.63. The Balaban J connectivity index is 1.78. The van der Waals surface area contributed by atoms with Crippen LogP contribution in [0, 0.1) is 0 Å². The minimum absolute atomic E-state index is 0.123. The topological polar surface area (TPSA) is 69.6 Å². The third kappa shape index (κ3) is 4.40. The number of hydrogen-bond acceptors (Lipinski definition) is 4. The molecule has 6 nitrogen and oxygen atoms in total. The summed E-state index contributed by atoms with van der Waals surface area (Å²) in [4.78, 5) is 25.4. The molecule has 1 N–H and O–H groups in total. The maximum atomic E-state index is 12.8. The summed E-state index contributed by atoms with van der Waals surface area (Å²) in [5.74, 6) is 0.605. The van der Waals surface area contributed by atoms with Gasteiger partial charge in [-0.15, -0.1) is 0 Å². The molecule has 0 spiro atoms. The molecular weight excluding hydrogens is 356 g/mol. The molecule has 28 heavy (non-hydrogen) atoms. The molecule has 0 fully saturated rings. The van der Waals surface area contributed by atoms with Crippen LogP contribution in [-0.4, -0.2) is 37.8 Å². The number of carbonyl (C=O) groups excluding carboxylic acids is 1. The highest BCUT2D eigenvalue weighted by atomic mass is 16.5. The van der Waals surface area contributed by atoms with Crippen LogP contribution >= 0.6 is 0 Å². The number of carbonyl (C=O) groups is 1. The zero-order valence-electron chi connectivity index (χ0n) is 16.1. The summed E-state index contributed by atoms with van der Waals surface area (Å²) < 4.78 is 11.8. The lowest BCUT2D eigenvalue weighted by molar-refractivity contribution is 0.0954. The van der Waals surface area contributed by atoms with E-state index in [0.29, 0.717) is 42.5 Å². The van der Waals surface area contributed by atoms with Gasteiger partial charge >= 0.3 is 0 Å². The van der Waals surface area contributed by atoms with Gasteiger partial charge in [0.05, 0.1) is 19.3 Å². The van der Waals surface area contributed by atoms with Gasteiger partial charge in [-0.2, -0.15) is 0 Å². The van der Waals surface area contributed by atoms with Crippen LogP contribution in [0.5, 0.6) is 5.75 Å².